The molecule has 0 unspecified atom stereocenters. The average Bonchev–Trinajstić information content (AvgIpc) is 2.63. The first-order chi connectivity index (χ1) is 13.4. The van der Waals surface area contributed by atoms with Gasteiger partial charge in [-0.1, -0.05) is 24.9 Å². The Balaban J connectivity index is 2.33. The van der Waals surface area contributed by atoms with Gasteiger partial charge in [0, 0.05) is 0 Å². The highest BCUT2D eigenvalue weighted by Crippen LogP contribution is 2.30. The molecule has 1 aromatic rings. The van der Waals surface area contributed by atoms with Crippen LogP contribution in [0.2, 0.25) is 0 Å². The van der Waals surface area contributed by atoms with Crippen LogP contribution in [0.25, 0.3) is 0 Å². The zero-order valence-electron chi connectivity index (χ0n) is 17.5. The van der Waals surface area contributed by atoms with Crippen LogP contribution < -0.4 is 9.47 Å². The molecule has 1 rings (SSSR count). The van der Waals surface area contributed by atoms with Gasteiger partial charge in [0.25, 0.3) is 0 Å². The molecule has 0 radical (unpaired) electrons. The van der Waals surface area contributed by atoms with Gasteiger partial charge in [0.2, 0.25) is 0 Å². The number of halogens is 2. The van der Waals surface area contributed by atoms with Crippen LogP contribution in [0.1, 0.15) is 64.0 Å². The van der Waals surface area contributed by atoms with Crippen LogP contribution in [0.5, 0.6) is 11.5 Å². The molecule has 4 nitrogen and oxygen atoms in total. The summed E-state index contributed by atoms with van der Waals surface area (Å²) >= 11 is 6.67. The maximum absolute atomic E-state index is 6.10. The summed E-state index contributed by atoms with van der Waals surface area (Å²) in [4.78, 5) is 5.21. The van der Waals surface area contributed by atoms with Crippen LogP contribution in [0.3, 0.4) is 0 Å². The molecule has 0 aromatic heterocycles. The Morgan fingerprint density at radius 1 is 1.00 bits per heavy atom. The molecule has 0 N–H and O–H groups in total. The number of hydrogen-bond acceptors (Lipinski definition) is 4. The third kappa shape index (κ3) is 11.1. The molecule has 0 heterocycles. The zero-order valence-corrected chi connectivity index (χ0v) is 20.7. The summed E-state index contributed by atoms with van der Waals surface area (Å²) in [5, 5.41) is 3.94. The lowest BCUT2D eigenvalue weighted by Crippen LogP contribution is -2.03. The Morgan fingerprint density at radius 3 is 2.32 bits per heavy atom. The second kappa shape index (κ2) is 14.9. The van der Waals surface area contributed by atoms with Crippen molar-refractivity contribution in [3.63, 3.8) is 0 Å². The predicted molar refractivity (Wildman–Crippen MR) is 125 cm³/mol. The van der Waals surface area contributed by atoms with Gasteiger partial charge in [-0.2, -0.15) is 0 Å². The molecule has 28 heavy (non-hydrogen) atoms. The van der Waals surface area contributed by atoms with Crippen molar-refractivity contribution in [2.75, 3.05) is 19.8 Å². The first kappa shape index (κ1) is 25.0. The Hall–Kier alpha value is -1.01. The van der Waals surface area contributed by atoms with Crippen LogP contribution in [0.4, 0.5) is 0 Å². The van der Waals surface area contributed by atoms with Gasteiger partial charge >= 0.3 is 0 Å². The molecule has 6 heteroatoms. The SMILES string of the molecule is CCc1cc(OCC=C(Br)Br)cc(C)c1OCCCCCCCON=C(C)C. The lowest BCUT2D eigenvalue weighted by molar-refractivity contribution is 0.139. The highest BCUT2D eigenvalue weighted by molar-refractivity contribution is 9.28. The monoisotopic (exact) mass is 517 g/mol. The third-order valence-corrected chi connectivity index (χ3v) is 4.71. The smallest absolute Gasteiger partial charge is 0.125 e. The highest BCUT2D eigenvalue weighted by Gasteiger charge is 2.09. The molecule has 0 spiro atoms. The van der Waals surface area contributed by atoms with Gasteiger partial charge in [-0.15, -0.1) is 0 Å². The molecule has 0 amide bonds. The van der Waals surface area contributed by atoms with Gasteiger partial charge in [-0.05, 0) is 108 Å². The fraction of sp³-hybridized carbons (Fsp3) is 0.591. The molecule has 0 atom stereocenters. The summed E-state index contributed by atoms with van der Waals surface area (Å²) in [5.74, 6) is 1.89. The van der Waals surface area contributed by atoms with Crippen molar-refractivity contribution < 1.29 is 14.3 Å². The number of unbranched alkanes of at least 4 members (excludes halogenated alkanes) is 4. The maximum atomic E-state index is 6.10. The van der Waals surface area contributed by atoms with Crippen molar-refractivity contribution >= 4 is 37.6 Å². The van der Waals surface area contributed by atoms with Gasteiger partial charge in [0.05, 0.1) is 15.7 Å². The van der Waals surface area contributed by atoms with Crippen molar-refractivity contribution in [3.8, 4) is 11.5 Å². The van der Waals surface area contributed by atoms with Gasteiger partial charge in [0.1, 0.15) is 24.7 Å². The van der Waals surface area contributed by atoms with Crippen LogP contribution >= 0.6 is 31.9 Å². The molecule has 0 saturated carbocycles. The second-order valence-electron chi connectivity index (χ2n) is 6.87. The first-order valence-electron chi connectivity index (χ1n) is 9.97. The van der Waals surface area contributed by atoms with Crippen LogP contribution in [-0.4, -0.2) is 25.5 Å². The van der Waals surface area contributed by atoms with E-state index >= 15 is 0 Å². The number of nitrogens with zero attached hydrogens (tertiary/aromatic N) is 1. The van der Waals surface area contributed by atoms with E-state index in [9.17, 15) is 0 Å². The van der Waals surface area contributed by atoms with E-state index in [1.807, 2.05) is 26.0 Å². The average molecular weight is 519 g/mol. The van der Waals surface area contributed by atoms with Gasteiger partial charge in [-0.3, -0.25) is 0 Å². The predicted octanol–water partition coefficient (Wildman–Crippen LogP) is 7.31. The molecule has 0 aliphatic heterocycles. The molecular formula is C22H33Br2NO3. The van der Waals surface area contributed by atoms with Crippen LogP contribution in [-0.2, 0) is 11.3 Å². The summed E-state index contributed by atoms with van der Waals surface area (Å²) in [6.45, 7) is 10.1. The van der Waals surface area contributed by atoms with E-state index in [-0.39, 0.29) is 0 Å². The number of aryl methyl sites for hydroxylation is 2. The topological polar surface area (TPSA) is 40.0 Å². The summed E-state index contributed by atoms with van der Waals surface area (Å²) in [6.07, 6.45) is 8.51. The molecule has 158 valence electrons. The van der Waals surface area contributed by atoms with E-state index in [1.54, 1.807) is 0 Å². The van der Waals surface area contributed by atoms with E-state index < -0.39 is 0 Å². The van der Waals surface area contributed by atoms with E-state index in [0.717, 1.165) is 52.0 Å². The summed E-state index contributed by atoms with van der Waals surface area (Å²) in [5.41, 5.74) is 3.28. The highest BCUT2D eigenvalue weighted by atomic mass is 79.9. The molecule has 0 fully saturated rings. The summed E-state index contributed by atoms with van der Waals surface area (Å²) < 4.78 is 12.8. The number of benzene rings is 1. The number of ether oxygens (including phenoxy) is 2. The lowest BCUT2D eigenvalue weighted by atomic mass is 10.1. The number of rotatable bonds is 14. The van der Waals surface area contributed by atoms with Gasteiger partial charge in [0.15, 0.2) is 0 Å². The van der Waals surface area contributed by atoms with Crippen LogP contribution in [0.15, 0.2) is 26.8 Å². The quantitative estimate of drug-likeness (QED) is 0.147. The van der Waals surface area contributed by atoms with Crippen molar-refractivity contribution in [3.05, 3.63) is 32.7 Å². The van der Waals surface area contributed by atoms with E-state index in [2.05, 4.69) is 56.9 Å². The molecule has 1 aromatic carbocycles. The van der Waals surface area contributed by atoms with E-state index in [1.165, 1.54) is 24.8 Å². The van der Waals surface area contributed by atoms with Crippen molar-refractivity contribution in [1.82, 2.24) is 0 Å². The third-order valence-electron chi connectivity index (χ3n) is 4.07. The van der Waals surface area contributed by atoms with Crippen molar-refractivity contribution in [2.45, 2.75) is 66.2 Å². The molecule has 0 aliphatic carbocycles. The standard InChI is InChI=1S/C22H33Br2NO3/c1-5-19-16-20(26-14-11-21(23)24)15-18(4)22(19)27-12-9-7-6-8-10-13-28-25-17(2)3/h11,15-16H,5-10,12-14H2,1-4H3. The Bertz CT molecular complexity index is 637. The maximum Gasteiger partial charge on any atom is 0.125 e. The molecule has 0 bridgehead atoms. The fourth-order valence-corrected chi connectivity index (χ4v) is 2.98. The van der Waals surface area contributed by atoms with E-state index in [4.69, 9.17) is 14.3 Å². The van der Waals surface area contributed by atoms with Crippen molar-refractivity contribution in [1.29, 1.82) is 0 Å². The lowest BCUT2D eigenvalue weighted by Gasteiger charge is -2.15. The Kier molecular flexibility index (Phi) is 13.3. The van der Waals surface area contributed by atoms with Gasteiger partial charge in [-0.25, -0.2) is 0 Å². The normalized spacial score (nSPS) is 10.4. The number of hydrogen-bond donors (Lipinski definition) is 0. The molecular weight excluding hydrogens is 486 g/mol. The Labute approximate surface area is 187 Å². The minimum absolute atomic E-state index is 0.518. The first-order valence-corrected chi connectivity index (χ1v) is 11.6. The minimum atomic E-state index is 0.518. The molecule has 0 aliphatic rings. The summed E-state index contributed by atoms with van der Waals surface area (Å²) in [6, 6.07) is 4.13. The number of oxime groups is 1. The Morgan fingerprint density at radius 2 is 1.68 bits per heavy atom. The minimum Gasteiger partial charge on any atom is -0.493 e. The second-order valence-corrected chi connectivity index (χ2v) is 9.65. The van der Waals surface area contributed by atoms with E-state index in [0.29, 0.717) is 13.2 Å². The molecule has 0 saturated heterocycles. The largest absolute Gasteiger partial charge is 0.493 e. The van der Waals surface area contributed by atoms with Gasteiger partial charge < -0.3 is 14.3 Å². The van der Waals surface area contributed by atoms with Crippen LogP contribution in [0, 0.1) is 6.92 Å². The summed E-state index contributed by atoms with van der Waals surface area (Å²) in [7, 11) is 0. The zero-order chi connectivity index (χ0) is 20.8. The fourth-order valence-electron chi connectivity index (χ4n) is 2.71. The van der Waals surface area contributed by atoms with Crippen molar-refractivity contribution in [2.24, 2.45) is 5.16 Å².